The van der Waals surface area contributed by atoms with Crippen molar-refractivity contribution in [3.63, 3.8) is 0 Å². The summed E-state index contributed by atoms with van der Waals surface area (Å²) in [4.78, 5) is 22.9. The van der Waals surface area contributed by atoms with Gasteiger partial charge in [0.2, 0.25) is 5.91 Å². The maximum absolute atomic E-state index is 12.1. The van der Waals surface area contributed by atoms with Gasteiger partial charge in [-0.25, -0.2) is 0 Å². The Kier molecular flexibility index (Phi) is 4.58. The van der Waals surface area contributed by atoms with Gasteiger partial charge in [-0.05, 0) is 38.6 Å². The van der Waals surface area contributed by atoms with Crippen molar-refractivity contribution in [3.05, 3.63) is 0 Å². The third-order valence-corrected chi connectivity index (χ3v) is 4.01. The monoisotopic (exact) mass is 254 g/mol. The first-order valence-electron chi connectivity index (χ1n) is 6.93. The summed E-state index contributed by atoms with van der Waals surface area (Å²) in [6.07, 6.45) is 6.34. The Morgan fingerprint density at radius 3 is 2.67 bits per heavy atom. The Balaban J connectivity index is 1.78. The number of hydrogen-bond acceptors (Lipinski definition) is 3. The highest BCUT2D eigenvalue weighted by Crippen LogP contribution is 2.25. The van der Waals surface area contributed by atoms with Crippen LogP contribution < -0.4 is 10.6 Å². The van der Waals surface area contributed by atoms with E-state index >= 15 is 0 Å². The first kappa shape index (κ1) is 13.3. The van der Waals surface area contributed by atoms with Gasteiger partial charge in [-0.3, -0.25) is 9.59 Å². The zero-order valence-corrected chi connectivity index (χ0v) is 10.7. The zero-order chi connectivity index (χ0) is 13.0. The van der Waals surface area contributed by atoms with Crippen molar-refractivity contribution in [1.29, 1.82) is 0 Å². The first-order chi connectivity index (χ1) is 8.66. The van der Waals surface area contributed by atoms with Crippen molar-refractivity contribution in [2.75, 3.05) is 6.54 Å². The predicted molar refractivity (Wildman–Crippen MR) is 67.2 cm³/mol. The molecule has 102 valence electrons. The van der Waals surface area contributed by atoms with Crippen LogP contribution in [0.3, 0.4) is 0 Å². The minimum Gasteiger partial charge on any atom is -0.481 e. The van der Waals surface area contributed by atoms with Crippen LogP contribution in [-0.2, 0) is 9.59 Å². The van der Waals surface area contributed by atoms with E-state index in [0.717, 1.165) is 32.2 Å². The number of carbonyl (C=O) groups is 2. The highest BCUT2D eigenvalue weighted by molar-refractivity contribution is 5.82. The standard InChI is InChI=1S/C13H22N2O3/c16-12(11-4-2-1-3-7-14-11)15-10-6-5-9(8-10)13(17)18/h9-11,14H,1-8H2,(H,15,16)(H,17,18)/t9-,10+,11?/m1/s1. The fourth-order valence-electron chi connectivity index (χ4n) is 2.89. The lowest BCUT2D eigenvalue weighted by Crippen LogP contribution is -2.47. The van der Waals surface area contributed by atoms with Crippen LogP contribution in [0.25, 0.3) is 0 Å². The molecule has 0 radical (unpaired) electrons. The molecule has 18 heavy (non-hydrogen) atoms. The van der Waals surface area contributed by atoms with Gasteiger partial charge in [0.05, 0.1) is 12.0 Å². The summed E-state index contributed by atoms with van der Waals surface area (Å²) in [6, 6.07) is -0.0416. The van der Waals surface area contributed by atoms with E-state index in [1.54, 1.807) is 0 Å². The molecule has 5 nitrogen and oxygen atoms in total. The Labute approximate surface area is 107 Å². The smallest absolute Gasteiger partial charge is 0.306 e. The van der Waals surface area contributed by atoms with Gasteiger partial charge in [0.15, 0.2) is 0 Å². The Morgan fingerprint density at radius 1 is 1.11 bits per heavy atom. The highest BCUT2D eigenvalue weighted by atomic mass is 16.4. The number of carbonyl (C=O) groups excluding carboxylic acids is 1. The van der Waals surface area contributed by atoms with E-state index in [0.29, 0.717) is 12.8 Å². The van der Waals surface area contributed by atoms with Gasteiger partial charge < -0.3 is 15.7 Å². The summed E-state index contributed by atoms with van der Waals surface area (Å²) in [5, 5.41) is 15.2. The highest BCUT2D eigenvalue weighted by Gasteiger charge is 2.31. The molecule has 1 aliphatic heterocycles. The average molecular weight is 254 g/mol. The molecule has 1 saturated heterocycles. The molecular formula is C13H22N2O3. The van der Waals surface area contributed by atoms with Gasteiger partial charge in [-0.15, -0.1) is 0 Å². The lowest BCUT2D eigenvalue weighted by Gasteiger charge is -2.19. The van der Waals surface area contributed by atoms with Gasteiger partial charge in [0.25, 0.3) is 0 Å². The molecule has 1 saturated carbocycles. The number of carboxylic acid groups (broad SMARTS) is 1. The summed E-state index contributed by atoms with van der Waals surface area (Å²) in [5.74, 6) is -0.968. The number of rotatable bonds is 3. The second-order valence-electron chi connectivity index (χ2n) is 5.41. The number of carboxylic acids is 1. The van der Waals surface area contributed by atoms with Crippen molar-refractivity contribution in [3.8, 4) is 0 Å². The fraction of sp³-hybridized carbons (Fsp3) is 0.846. The van der Waals surface area contributed by atoms with Crippen molar-refractivity contribution in [2.45, 2.75) is 57.0 Å². The lowest BCUT2D eigenvalue weighted by atomic mass is 10.1. The van der Waals surface area contributed by atoms with E-state index in [2.05, 4.69) is 10.6 Å². The van der Waals surface area contributed by atoms with Crippen LogP contribution in [0.5, 0.6) is 0 Å². The van der Waals surface area contributed by atoms with Crippen LogP contribution in [0.4, 0.5) is 0 Å². The maximum Gasteiger partial charge on any atom is 0.306 e. The number of amides is 1. The van der Waals surface area contributed by atoms with E-state index in [4.69, 9.17) is 5.11 Å². The molecule has 3 atom stereocenters. The van der Waals surface area contributed by atoms with Crippen LogP contribution >= 0.6 is 0 Å². The van der Waals surface area contributed by atoms with E-state index in [9.17, 15) is 9.59 Å². The van der Waals surface area contributed by atoms with Gasteiger partial charge in [-0.2, -0.15) is 0 Å². The van der Waals surface area contributed by atoms with Gasteiger partial charge >= 0.3 is 5.97 Å². The second-order valence-corrected chi connectivity index (χ2v) is 5.41. The Bertz CT molecular complexity index is 311. The third-order valence-electron chi connectivity index (χ3n) is 4.01. The zero-order valence-electron chi connectivity index (χ0n) is 10.7. The van der Waals surface area contributed by atoms with Crippen molar-refractivity contribution < 1.29 is 14.7 Å². The largest absolute Gasteiger partial charge is 0.481 e. The van der Waals surface area contributed by atoms with Gasteiger partial charge in [-0.1, -0.05) is 12.8 Å². The SMILES string of the molecule is O=C(N[C@H]1CC[C@@H](C(=O)O)C1)C1CCCCCN1. The minimum atomic E-state index is -0.737. The van der Waals surface area contributed by atoms with Crippen molar-refractivity contribution >= 4 is 11.9 Å². The average Bonchev–Trinajstić information content (AvgIpc) is 2.64. The van der Waals surface area contributed by atoms with E-state index in [1.165, 1.54) is 6.42 Å². The molecule has 1 amide bonds. The third kappa shape index (κ3) is 3.45. The van der Waals surface area contributed by atoms with Crippen molar-refractivity contribution in [1.82, 2.24) is 10.6 Å². The van der Waals surface area contributed by atoms with Gasteiger partial charge in [0, 0.05) is 6.04 Å². The number of hydrogen-bond donors (Lipinski definition) is 3. The number of aliphatic carboxylic acids is 1. The molecule has 1 aliphatic carbocycles. The van der Waals surface area contributed by atoms with Gasteiger partial charge in [0.1, 0.15) is 0 Å². The molecule has 2 fully saturated rings. The van der Waals surface area contributed by atoms with Crippen LogP contribution in [0.2, 0.25) is 0 Å². The molecule has 0 bridgehead atoms. The fourth-order valence-corrected chi connectivity index (χ4v) is 2.89. The molecule has 2 aliphatic rings. The topological polar surface area (TPSA) is 78.4 Å². The van der Waals surface area contributed by atoms with E-state index < -0.39 is 5.97 Å². The molecule has 2 rings (SSSR count). The number of nitrogens with one attached hydrogen (secondary N) is 2. The van der Waals surface area contributed by atoms with Crippen LogP contribution in [0.15, 0.2) is 0 Å². The predicted octanol–water partition coefficient (Wildman–Crippen LogP) is 0.888. The molecular weight excluding hydrogens is 232 g/mol. The Hall–Kier alpha value is -1.10. The summed E-state index contributed by atoms with van der Waals surface area (Å²) in [5.41, 5.74) is 0. The van der Waals surface area contributed by atoms with Crippen LogP contribution in [0.1, 0.15) is 44.9 Å². The molecule has 5 heteroatoms. The summed E-state index contributed by atoms with van der Waals surface area (Å²) in [6.45, 7) is 0.903. The van der Waals surface area contributed by atoms with Crippen LogP contribution in [0, 0.1) is 5.92 Å². The first-order valence-corrected chi connectivity index (χ1v) is 6.93. The quantitative estimate of drug-likeness (QED) is 0.699. The summed E-state index contributed by atoms with van der Waals surface area (Å²) < 4.78 is 0. The molecule has 1 unspecified atom stereocenters. The summed E-state index contributed by atoms with van der Waals surface area (Å²) >= 11 is 0. The maximum atomic E-state index is 12.1. The van der Waals surface area contributed by atoms with E-state index in [1.807, 2.05) is 0 Å². The van der Waals surface area contributed by atoms with Crippen molar-refractivity contribution in [2.24, 2.45) is 5.92 Å². The van der Waals surface area contributed by atoms with Crippen LogP contribution in [-0.4, -0.2) is 35.6 Å². The Morgan fingerprint density at radius 2 is 1.94 bits per heavy atom. The minimum absolute atomic E-state index is 0.0450. The second kappa shape index (κ2) is 6.18. The molecule has 0 spiro atoms. The molecule has 0 aromatic rings. The molecule has 3 N–H and O–H groups in total. The normalized spacial score (nSPS) is 32.8. The molecule has 0 aromatic heterocycles. The molecule has 0 aromatic carbocycles. The summed E-state index contributed by atoms with van der Waals surface area (Å²) in [7, 11) is 0. The lowest BCUT2D eigenvalue weighted by molar-refractivity contribution is -0.141. The molecule has 1 heterocycles. The van der Waals surface area contributed by atoms with E-state index in [-0.39, 0.29) is 23.9 Å².